The van der Waals surface area contributed by atoms with E-state index in [9.17, 15) is 25.1 Å². The molecule has 0 spiro atoms. The molecule has 0 radical (unpaired) electrons. The number of anilines is 1. The van der Waals surface area contributed by atoms with Crippen LogP contribution in [0.5, 0.6) is 5.75 Å². The molecule has 1 aromatic heterocycles. The maximum atomic E-state index is 11.5. The van der Waals surface area contributed by atoms with E-state index in [1.807, 2.05) is 36.4 Å². The number of aliphatic hydroxyl groups excluding tert-OH is 1. The normalized spacial score (nSPS) is 12.6. The highest BCUT2D eigenvalue weighted by Gasteiger charge is 2.28. The van der Waals surface area contributed by atoms with E-state index in [4.69, 9.17) is 4.74 Å². The number of pyridine rings is 1. The largest absolute Gasteiger partial charge is 0.487 e. The molecule has 0 bridgehead atoms. The van der Waals surface area contributed by atoms with E-state index < -0.39 is 23.0 Å². The van der Waals surface area contributed by atoms with Crippen molar-refractivity contribution in [2.45, 2.75) is 18.8 Å². The molecule has 3 N–H and O–H groups in total. The van der Waals surface area contributed by atoms with E-state index in [2.05, 4.69) is 10.3 Å². The number of nitro benzene ring substituents is 1. The van der Waals surface area contributed by atoms with E-state index in [0.717, 1.165) is 16.6 Å². The smallest absolute Gasteiger partial charge is 0.335 e. The number of benzene rings is 3. The van der Waals surface area contributed by atoms with Gasteiger partial charge in [0.25, 0.3) is 5.69 Å². The molecule has 4 rings (SSSR count). The molecule has 4 aromatic rings. The summed E-state index contributed by atoms with van der Waals surface area (Å²) in [6.07, 6.45) is -1.78. The first-order valence-electron chi connectivity index (χ1n) is 10.4. The minimum absolute atomic E-state index is 0.134. The van der Waals surface area contributed by atoms with Gasteiger partial charge in [-0.1, -0.05) is 42.5 Å². The van der Waals surface area contributed by atoms with Crippen LogP contribution in [0.4, 0.5) is 11.4 Å². The Kier molecular flexibility index (Phi) is 6.65. The summed E-state index contributed by atoms with van der Waals surface area (Å²) in [4.78, 5) is 26.4. The zero-order valence-corrected chi connectivity index (χ0v) is 17.9. The average Bonchev–Trinajstić information content (AvgIpc) is 2.86. The molecular formula is C25H21N3O6. The Balaban J connectivity index is 1.50. The number of carbonyl (C=O) groups is 1. The Bertz CT molecular complexity index is 1330. The fourth-order valence-electron chi connectivity index (χ4n) is 3.49. The van der Waals surface area contributed by atoms with Crippen molar-refractivity contribution in [3.05, 3.63) is 106 Å². The molecule has 172 valence electrons. The zero-order valence-electron chi connectivity index (χ0n) is 17.9. The van der Waals surface area contributed by atoms with Crippen molar-refractivity contribution in [1.29, 1.82) is 0 Å². The number of hydrogen-bond donors (Lipinski definition) is 3. The third kappa shape index (κ3) is 5.28. The van der Waals surface area contributed by atoms with Crippen molar-refractivity contribution in [3.63, 3.8) is 0 Å². The molecule has 0 aliphatic rings. The second kappa shape index (κ2) is 9.97. The lowest BCUT2D eigenvalue weighted by Crippen LogP contribution is -2.32. The first-order valence-corrected chi connectivity index (χ1v) is 10.4. The van der Waals surface area contributed by atoms with Crippen LogP contribution in [0, 0.1) is 10.1 Å². The number of carboxylic acids is 1. The number of nitrogens with one attached hydrogen (secondary N) is 1. The van der Waals surface area contributed by atoms with E-state index in [-0.39, 0.29) is 12.3 Å². The summed E-state index contributed by atoms with van der Waals surface area (Å²) in [6, 6.07) is 22.8. The molecule has 1 heterocycles. The standard InChI is InChI=1S/C25H21N3O6/c29-24(25(30)31)23(17-9-12-20(13-10-17)28(32)33)27-18-5-3-6-21(14-18)34-15-19-11-8-16-4-1-2-7-22(16)26-19/h1-14,23-24,27,29H,15H2,(H,30,31)/t23?,24-/m1/s1. The minimum atomic E-state index is -1.78. The molecule has 34 heavy (non-hydrogen) atoms. The van der Waals surface area contributed by atoms with E-state index >= 15 is 0 Å². The predicted molar refractivity (Wildman–Crippen MR) is 126 cm³/mol. The summed E-state index contributed by atoms with van der Waals surface area (Å²) in [5.74, 6) is -0.905. The summed E-state index contributed by atoms with van der Waals surface area (Å²) in [6.45, 7) is 0.234. The number of non-ortho nitro benzene ring substituents is 1. The van der Waals surface area contributed by atoms with Gasteiger partial charge in [-0.05, 0) is 29.8 Å². The van der Waals surface area contributed by atoms with Gasteiger partial charge in [0.15, 0.2) is 6.10 Å². The van der Waals surface area contributed by atoms with Crippen LogP contribution in [0.15, 0.2) is 84.9 Å². The van der Waals surface area contributed by atoms with Crippen LogP contribution in [0.2, 0.25) is 0 Å². The molecule has 0 aliphatic carbocycles. The maximum absolute atomic E-state index is 11.5. The number of ether oxygens (including phenoxy) is 1. The molecule has 0 saturated carbocycles. The SMILES string of the molecule is O=C(O)[C@H](O)C(Nc1cccc(OCc2ccc3ccccc3n2)c1)c1ccc([N+](=O)[O-])cc1. The molecule has 9 nitrogen and oxygen atoms in total. The molecule has 3 aromatic carbocycles. The van der Waals surface area contributed by atoms with Gasteiger partial charge in [0.2, 0.25) is 0 Å². The second-order valence-electron chi connectivity index (χ2n) is 7.57. The first kappa shape index (κ1) is 22.7. The average molecular weight is 459 g/mol. The molecule has 0 fully saturated rings. The zero-order chi connectivity index (χ0) is 24.1. The molecule has 2 atom stereocenters. The van der Waals surface area contributed by atoms with Crippen molar-refractivity contribution in [3.8, 4) is 5.75 Å². The lowest BCUT2D eigenvalue weighted by atomic mass is 10.0. The summed E-state index contributed by atoms with van der Waals surface area (Å²) < 4.78 is 5.86. The van der Waals surface area contributed by atoms with Crippen LogP contribution < -0.4 is 10.1 Å². The predicted octanol–water partition coefficient (Wildman–Crippen LogP) is 4.32. The van der Waals surface area contributed by atoms with Crippen molar-refractivity contribution in [2.75, 3.05) is 5.32 Å². The van der Waals surface area contributed by atoms with Gasteiger partial charge in [0.05, 0.1) is 22.2 Å². The number of fused-ring (bicyclic) bond motifs is 1. The third-order valence-electron chi connectivity index (χ3n) is 5.23. The Labute approximate surface area is 194 Å². The van der Waals surface area contributed by atoms with Gasteiger partial charge in [-0.15, -0.1) is 0 Å². The summed E-state index contributed by atoms with van der Waals surface area (Å²) in [5.41, 5.74) is 2.37. The van der Waals surface area contributed by atoms with E-state index in [1.54, 1.807) is 24.3 Å². The Morgan fingerprint density at radius 1 is 1.03 bits per heavy atom. The number of hydrogen-bond acceptors (Lipinski definition) is 7. The Hall–Kier alpha value is -4.50. The van der Waals surface area contributed by atoms with Gasteiger partial charge >= 0.3 is 5.97 Å². The molecular weight excluding hydrogens is 438 g/mol. The van der Waals surface area contributed by atoms with Crippen LogP contribution in [-0.4, -0.2) is 32.2 Å². The lowest BCUT2D eigenvalue weighted by Gasteiger charge is -2.23. The number of aromatic nitrogens is 1. The Morgan fingerprint density at radius 3 is 2.53 bits per heavy atom. The number of nitrogens with zero attached hydrogens (tertiary/aromatic N) is 2. The first-order chi connectivity index (χ1) is 16.4. The number of aliphatic carboxylic acids is 1. The maximum Gasteiger partial charge on any atom is 0.335 e. The quantitative estimate of drug-likeness (QED) is 0.249. The van der Waals surface area contributed by atoms with Gasteiger partial charge in [-0.3, -0.25) is 10.1 Å². The third-order valence-corrected chi connectivity index (χ3v) is 5.23. The van der Waals surface area contributed by atoms with Gasteiger partial charge in [0.1, 0.15) is 12.4 Å². The highest BCUT2D eigenvalue weighted by atomic mass is 16.6. The summed E-state index contributed by atoms with van der Waals surface area (Å²) in [5, 5.41) is 34.5. The van der Waals surface area contributed by atoms with Crippen molar-refractivity contribution < 1.29 is 24.7 Å². The van der Waals surface area contributed by atoms with Gasteiger partial charge < -0.3 is 20.3 Å². The number of nitro groups is 1. The molecule has 0 amide bonds. The number of carboxylic acid groups (broad SMARTS) is 1. The van der Waals surface area contributed by atoms with Crippen LogP contribution in [0.1, 0.15) is 17.3 Å². The highest BCUT2D eigenvalue weighted by Crippen LogP contribution is 2.27. The number of para-hydroxylation sites is 1. The topological polar surface area (TPSA) is 135 Å². The monoisotopic (exact) mass is 459 g/mol. The van der Waals surface area contributed by atoms with Gasteiger partial charge in [0, 0.05) is 29.3 Å². The fraction of sp³-hybridized carbons (Fsp3) is 0.120. The molecule has 0 saturated heterocycles. The molecule has 0 aliphatic heterocycles. The van der Waals surface area contributed by atoms with Crippen molar-refractivity contribution in [1.82, 2.24) is 4.98 Å². The van der Waals surface area contributed by atoms with Crippen LogP contribution in [0.25, 0.3) is 10.9 Å². The van der Waals surface area contributed by atoms with Crippen LogP contribution in [0.3, 0.4) is 0 Å². The van der Waals surface area contributed by atoms with E-state index in [1.165, 1.54) is 24.3 Å². The molecule has 9 heteroatoms. The number of rotatable bonds is 9. The minimum Gasteiger partial charge on any atom is -0.487 e. The second-order valence-corrected chi connectivity index (χ2v) is 7.57. The summed E-state index contributed by atoms with van der Waals surface area (Å²) in [7, 11) is 0. The van der Waals surface area contributed by atoms with E-state index in [0.29, 0.717) is 17.0 Å². The fourth-order valence-corrected chi connectivity index (χ4v) is 3.49. The van der Waals surface area contributed by atoms with Crippen LogP contribution >= 0.6 is 0 Å². The number of aliphatic hydroxyl groups is 1. The van der Waals surface area contributed by atoms with Gasteiger partial charge in [-0.25, -0.2) is 9.78 Å². The Morgan fingerprint density at radius 2 is 1.79 bits per heavy atom. The highest BCUT2D eigenvalue weighted by molar-refractivity contribution is 5.78. The summed E-state index contributed by atoms with van der Waals surface area (Å²) >= 11 is 0. The van der Waals surface area contributed by atoms with Crippen molar-refractivity contribution in [2.24, 2.45) is 0 Å². The van der Waals surface area contributed by atoms with Gasteiger partial charge in [-0.2, -0.15) is 0 Å². The van der Waals surface area contributed by atoms with Crippen molar-refractivity contribution >= 4 is 28.2 Å². The van der Waals surface area contributed by atoms with Crippen LogP contribution in [-0.2, 0) is 11.4 Å². The lowest BCUT2D eigenvalue weighted by molar-refractivity contribution is -0.384. The molecule has 1 unspecified atom stereocenters.